The lowest BCUT2D eigenvalue weighted by atomic mass is 9.92. The van der Waals surface area contributed by atoms with Gasteiger partial charge in [0.1, 0.15) is 12.4 Å². The predicted octanol–water partition coefficient (Wildman–Crippen LogP) is 3.55. The molecule has 2 fully saturated rings. The van der Waals surface area contributed by atoms with Gasteiger partial charge in [-0.15, -0.1) is 0 Å². The van der Waals surface area contributed by atoms with E-state index in [0.29, 0.717) is 12.6 Å². The van der Waals surface area contributed by atoms with Crippen LogP contribution in [0.5, 0.6) is 5.75 Å². The molecule has 2 aliphatic rings. The quantitative estimate of drug-likeness (QED) is 0.646. The molecule has 0 radical (unpaired) electrons. The lowest BCUT2D eigenvalue weighted by Crippen LogP contribution is -2.50. The Bertz CT molecular complexity index is 919. The highest BCUT2D eigenvalue weighted by molar-refractivity contribution is 5.92. The summed E-state index contributed by atoms with van der Waals surface area (Å²) in [5.74, 6) is 0.990. The Kier molecular flexibility index (Phi) is 8.55. The minimum Gasteiger partial charge on any atom is -0.497 e. The van der Waals surface area contributed by atoms with Crippen molar-refractivity contribution in [3.63, 3.8) is 0 Å². The molecule has 0 aromatic heterocycles. The molecule has 1 N–H and O–H groups in total. The number of rotatable bonds is 8. The smallest absolute Gasteiger partial charge is 0.248 e. The standard InChI is InChI=1S/C27H35N3O4/c1-33-25-9-7-23(8-10-25)28-27(32)22-11-15-29(16-12-22)24-13-17-30(18-14-24)26(31)20-34-19-21-5-3-2-4-6-21/h2-10,22,24H,11-20H2,1H3,(H,28,32). The summed E-state index contributed by atoms with van der Waals surface area (Å²) in [7, 11) is 1.63. The van der Waals surface area contributed by atoms with Crippen molar-refractivity contribution in [2.75, 3.05) is 45.2 Å². The minimum absolute atomic E-state index is 0.0433. The van der Waals surface area contributed by atoms with Gasteiger partial charge < -0.3 is 24.6 Å². The molecule has 0 bridgehead atoms. The first-order valence-electron chi connectivity index (χ1n) is 12.2. The second-order valence-corrected chi connectivity index (χ2v) is 9.12. The normalized spacial score (nSPS) is 18.0. The number of nitrogens with zero attached hydrogens (tertiary/aromatic N) is 2. The molecule has 0 spiro atoms. The molecule has 2 amide bonds. The second-order valence-electron chi connectivity index (χ2n) is 9.12. The maximum Gasteiger partial charge on any atom is 0.248 e. The van der Waals surface area contributed by atoms with E-state index in [1.807, 2.05) is 59.5 Å². The molecule has 7 heteroatoms. The maximum absolute atomic E-state index is 12.7. The van der Waals surface area contributed by atoms with Crippen LogP contribution in [0.15, 0.2) is 54.6 Å². The highest BCUT2D eigenvalue weighted by Gasteiger charge is 2.31. The van der Waals surface area contributed by atoms with Crippen molar-refractivity contribution in [2.45, 2.75) is 38.3 Å². The van der Waals surface area contributed by atoms with Crippen molar-refractivity contribution in [2.24, 2.45) is 5.92 Å². The number of amides is 2. The van der Waals surface area contributed by atoms with Gasteiger partial charge in [-0.1, -0.05) is 30.3 Å². The molecule has 182 valence electrons. The highest BCUT2D eigenvalue weighted by Crippen LogP contribution is 2.25. The zero-order valence-electron chi connectivity index (χ0n) is 19.9. The number of benzene rings is 2. The minimum atomic E-state index is 0.0433. The van der Waals surface area contributed by atoms with E-state index >= 15 is 0 Å². The van der Waals surface area contributed by atoms with Crippen molar-refractivity contribution in [3.05, 3.63) is 60.2 Å². The van der Waals surface area contributed by atoms with E-state index in [9.17, 15) is 9.59 Å². The fraction of sp³-hybridized carbons (Fsp3) is 0.481. The summed E-state index contributed by atoms with van der Waals surface area (Å²) in [6, 6.07) is 17.8. The van der Waals surface area contributed by atoms with E-state index in [-0.39, 0.29) is 24.3 Å². The van der Waals surface area contributed by atoms with Crippen molar-refractivity contribution < 1.29 is 19.1 Å². The monoisotopic (exact) mass is 465 g/mol. The Morgan fingerprint density at radius 2 is 1.59 bits per heavy atom. The van der Waals surface area contributed by atoms with Gasteiger partial charge in [-0.05, 0) is 68.6 Å². The van der Waals surface area contributed by atoms with Crippen LogP contribution < -0.4 is 10.1 Å². The largest absolute Gasteiger partial charge is 0.497 e. The van der Waals surface area contributed by atoms with Crippen LogP contribution in [0.3, 0.4) is 0 Å². The molecule has 2 aromatic rings. The van der Waals surface area contributed by atoms with Crippen LogP contribution in [0.25, 0.3) is 0 Å². The Balaban J connectivity index is 1.14. The van der Waals surface area contributed by atoms with Crippen molar-refractivity contribution in [3.8, 4) is 5.75 Å². The van der Waals surface area contributed by atoms with E-state index < -0.39 is 0 Å². The molecule has 2 heterocycles. The van der Waals surface area contributed by atoms with Crippen LogP contribution in [0, 0.1) is 5.92 Å². The molecular weight excluding hydrogens is 430 g/mol. The number of carbonyl (C=O) groups excluding carboxylic acids is 2. The first-order chi connectivity index (χ1) is 16.6. The summed E-state index contributed by atoms with van der Waals surface area (Å²) in [6.45, 7) is 4.00. The fourth-order valence-corrected chi connectivity index (χ4v) is 4.85. The van der Waals surface area contributed by atoms with Gasteiger partial charge in [-0.3, -0.25) is 9.59 Å². The number of nitrogens with one attached hydrogen (secondary N) is 1. The molecule has 0 atom stereocenters. The van der Waals surface area contributed by atoms with E-state index in [0.717, 1.165) is 68.9 Å². The Morgan fingerprint density at radius 3 is 2.24 bits per heavy atom. The van der Waals surface area contributed by atoms with Gasteiger partial charge in [0.15, 0.2) is 0 Å². The van der Waals surface area contributed by atoms with E-state index in [4.69, 9.17) is 9.47 Å². The molecule has 4 rings (SSSR count). The molecule has 2 aliphatic heterocycles. The number of carbonyl (C=O) groups is 2. The topological polar surface area (TPSA) is 71.1 Å². The van der Waals surface area contributed by atoms with Gasteiger partial charge in [0.05, 0.1) is 13.7 Å². The first-order valence-corrected chi connectivity index (χ1v) is 12.2. The van der Waals surface area contributed by atoms with Crippen molar-refractivity contribution in [1.82, 2.24) is 9.80 Å². The van der Waals surface area contributed by atoms with Gasteiger partial charge in [-0.2, -0.15) is 0 Å². The number of ether oxygens (including phenoxy) is 2. The number of likely N-dealkylation sites (tertiary alicyclic amines) is 2. The van der Waals surface area contributed by atoms with Crippen molar-refractivity contribution in [1.29, 1.82) is 0 Å². The predicted molar refractivity (Wildman–Crippen MR) is 132 cm³/mol. The van der Waals surface area contributed by atoms with Crippen LogP contribution in [0.1, 0.15) is 31.2 Å². The van der Waals surface area contributed by atoms with Crippen LogP contribution in [0.4, 0.5) is 5.69 Å². The fourth-order valence-electron chi connectivity index (χ4n) is 4.85. The van der Waals surface area contributed by atoms with E-state index in [1.54, 1.807) is 7.11 Å². The van der Waals surface area contributed by atoms with Crippen LogP contribution in [-0.4, -0.2) is 67.6 Å². The second kappa shape index (κ2) is 12.0. The summed E-state index contributed by atoms with van der Waals surface area (Å²) in [4.78, 5) is 29.6. The molecule has 34 heavy (non-hydrogen) atoms. The third-order valence-electron chi connectivity index (χ3n) is 6.93. The zero-order chi connectivity index (χ0) is 23.8. The SMILES string of the molecule is COc1ccc(NC(=O)C2CCN(C3CCN(C(=O)COCc4ccccc4)CC3)CC2)cc1. The third-order valence-corrected chi connectivity index (χ3v) is 6.93. The van der Waals surface area contributed by atoms with Gasteiger partial charge >= 0.3 is 0 Å². The van der Waals surface area contributed by atoms with Gasteiger partial charge in [0.25, 0.3) is 0 Å². The summed E-state index contributed by atoms with van der Waals surface area (Å²) in [5.41, 5.74) is 1.88. The number of piperidine rings is 2. The van der Waals surface area contributed by atoms with Gasteiger partial charge in [0, 0.05) is 30.7 Å². The van der Waals surface area contributed by atoms with Crippen LogP contribution in [0.2, 0.25) is 0 Å². The lowest BCUT2D eigenvalue weighted by Gasteiger charge is -2.41. The zero-order valence-corrected chi connectivity index (χ0v) is 19.9. The number of methoxy groups -OCH3 is 1. The Morgan fingerprint density at radius 1 is 0.912 bits per heavy atom. The molecule has 7 nitrogen and oxygen atoms in total. The van der Waals surface area contributed by atoms with E-state index in [1.165, 1.54) is 0 Å². The summed E-state index contributed by atoms with van der Waals surface area (Å²) >= 11 is 0. The average Bonchev–Trinajstić information content (AvgIpc) is 2.90. The summed E-state index contributed by atoms with van der Waals surface area (Å²) in [5, 5.41) is 3.03. The van der Waals surface area contributed by atoms with Crippen LogP contribution in [-0.2, 0) is 20.9 Å². The van der Waals surface area contributed by atoms with E-state index in [2.05, 4.69) is 10.2 Å². The number of hydrogen-bond acceptors (Lipinski definition) is 5. The summed E-state index contributed by atoms with van der Waals surface area (Å²) in [6.07, 6.45) is 3.70. The van der Waals surface area contributed by atoms with Crippen molar-refractivity contribution >= 4 is 17.5 Å². The Hall–Kier alpha value is -2.90. The number of anilines is 1. The van der Waals surface area contributed by atoms with Gasteiger partial charge in [0.2, 0.25) is 11.8 Å². The molecule has 0 aliphatic carbocycles. The molecule has 2 aromatic carbocycles. The number of hydrogen-bond donors (Lipinski definition) is 1. The highest BCUT2D eigenvalue weighted by atomic mass is 16.5. The average molecular weight is 466 g/mol. The molecular formula is C27H35N3O4. The maximum atomic E-state index is 12.7. The van der Waals surface area contributed by atoms with Crippen LogP contribution >= 0.6 is 0 Å². The summed E-state index contributed by atoms with van der Waals surface area (Å²) < 4.78 is 10.8. The first kappa shape index (κ1) is 24.2. The van der Waals surface area contributed by atoms with Gasteiger partial charge in [-0.25, -0.2) is 0 Å². The molecule has 0 saturated carbocycles. The lowest BCUT2D eigenvalue weighted by molar-refractivity contribution is -0.138. The Labute approximate surface area is 202 Å². The third kappa shape index (κ3) is 6.58. The molecule has 0 unspecified atom stereocenters. The molecule has 2 saturated heterocycles.